The molecule has 0 saturated heterocycles. The average Bonchev–Trinajstić information content (AvgIpc) is 2.83. The molecule has 0 N–H and O–H groups in total. The third-order valence-electron chi connectivity index (χ3n) is 5.76. The van der Waals surface area contributed by atoms with E-state index in [0.29, 0.717) is 13.0 Å². The van der Waals surface area contributed by atoms with Gasteiger partial charge >= 0.3 is 6.09 Å². The molecule has 0 saturated carbocycles. The Morgan fingerprint density at radius 3 is 2.41 bits per heavy atom. The van der Waals surface area contributed by atoms with Crippen molar-refractivity contribution in [1.82, 2.24) is 4.90 Å². The summed E-state index contributed by atoms with van der Waals surface area (Å²) >= 11 is 0. The van der Waals surface area contributed by atoms with Crippen molar-refractivity contribution >= 4 is 11.9 Å². The van der Waals surface area contributed by atoms with Gasteiger partial charge in [0.1, 0.15) is 6.61 Å². The molecule has 1 heterocycles. The first kappa shape index (κ1) is 21.6. The Labute approximate surface area is 189 Å². The van der Waals surface area contributed by atoms with Crippen LogP contribution in [0.2, 0.25) is 0 Å². The number of ketones is 1. The van der Waals surface area contributed by atoms with Crippen LogP contribution in [-0.2, 0) is 22.6 Å². The zero-order valence-electron chi connectivity index (χ0n) is 18.2. The van der Waals surface area contributed by atoms with Crippen LogP contribution < -0.4 is 0 Å². The highest BCUT2D eigenvalue weighted by Crippen LogP contribution is 2.35. The number of ether oxygens (including phenoxy) is 1. The Bertz CT molecular complexity index is 1110. The minimum atomic E-state index is -0.326. The number of amides is 1. The summed E-state index contributed by atoms with van der Waals surface area (Å²) < 4.78 is 5.63. The average molecular weight is 426 g/mol. The van der Waals surface area contributed by atoms with Crippen LogP contribution >= 0.6 is 0 Å². The molecule has 0 bridgehead atoms. The van der Waals surface area contributed by atoms with Gasteiger partial charge in [-0.15, -0.1) is 0 Å². The SMILES string of the molecule is CC(=O)/C=C/CC1c2ccc(-c3ccccc3)cc2CCN1C(=O)OCc1ccccc1. The molecule has 1 atom stereocenters. The van der Waals surface area contributed by atoms with E-state index in [1.54, 1.807) is 11.0 Å². The van der Waals surface area contributed by atoms with Gasteiger partial charge in [0, 0.05) is 6.54 Å². The van der Waals surface area contributed by atoms with E-state index >= 15 is 0 Å². The monoisotopic (exact) mass is 425 g/mol. The highest BCUT2D eigenvalue weighted by molar-refractivity contribution is 5.87. The molecule has 3 aromatic rings. The molecule has 0 aliphatic carbocycles. The molecule has 0 radical (unpaired) electrons. The molecule has 32 heavy (non-hydrogen) atoms. The molecule has 1 aliphatic heterocycles. The normalized spacial score (nSPS) is 15.4. The van der Waals surface area contributed by atoms with Crippen LogP contribution in [0.25, 0.3) is 11.1 Å². The van der Waals surface area contributed by atoms with Gasteiger partial charge in [-0.25, -0.2) is 4.79 Å². The zero-order valence-corrected chi connectivity index (χ0v) is 18.2. The number of allylic oxidation sites excluding steroid dienone is 1. The second-order valence-corrected chi connectivity index (χ2v) is 8.03. The molecule has 0 fully saturated rings. The van der Waals surface area contributed by atoms with Crippen molar-refractivity contribution in [2.45, 2.75) is 32.4 Å². The third-order valence-corrected chi connectivity index (χ3v) is 5.76. The van der Waals surface area contributed by atoms with E-state index < -0.39 is 0 Å². The Morgan fingerprint density at radius 2 is 1.69 bits per heavy atom. The van der Waals surface area contributed by atoms with Crippen LogP contribution in [0.4, 0.5) is 4.79 Å². The molecule has 1 unspecified atom stereocenters. The number of carbonyl (C=O) groups excluding carboxylic acids is 2. The summed E-state index contributed by atoms with van der Waals surface area (Å²) in [5.74, 6) is -0.00124. The van der Waals surface area contributed by atoms with E-state index in [-0.39, 0.29) is 24.5 Å². The summed E-state index contributed by atoms with van der Waals surface area (Å²) in [7, 11) is 0. The van der Waals surface area contributed by atoms with Gasteiger partial charge < -0.3 is 9.64 Å². The maximum atomic E-state index is 13.0. The lowest BCUT2D eigenvalue weighted by Crippen LogP contribution is -2.40. The van der Waals surface area contributed by atoms with E-state index in [1.165, 1.54) is 23.6 Å². The first-order valence-corrected chi connectivity index (χ1v) is 10.9. The zero-order chi connectivity index (χ0) is 22.3. The van der Waals surface area contributed by atoms with Gasteiger partial charge in [-0.05, 0) is 53.7 Å². The van der Waals surface area contributed by atoms with Gasteiger partial charge in [-0.2, -0.15) is 0 Å². The fourth-order valence-corrected chi connectivity index (χ4v) is 4.16. The van der Waals surface area contributed by atoms with Crippen molar-refractivity contribution in [3.8, 4) is 11.1 Å². The molecule has 1 aliphatic rings. The summed E-state index contributed by atoms with van der Waals surface area (Å²) in [5.41, 5.74) is 5.65. The maximum Gasteiger partial charge on any atom is 0.410 e. The van der Waals surface area contributed by atoms with E-state index in [9.17, 15) is 9.59 Å². The van der Waals surface area contributed by atoms with Gasteiger partial charge in [0.05, 0.1) is 6.04 Å². The van der Waals surface area contributed by atoms with Gasteiger partial charge in [-0.3, -0.25) is 4.79 Å². The summed E-state index contributed by atoms with van der Waals surface area (Å²) in [6, 6.07) is 26.2. The second kappa shape index (κ2) is 10.1. The Hall–Kier alpha value is -3.66. The fourth-order valence-electron chi connectivity index (χ4n) is 4.16. The third kappa shape index (κ3) is 5.14. The van der Waals surface area contributed by atoms with Crippen LogP contribution in [0.15, 0.2) is 91.0 Å². The highest BCUT2D eigenvalue weighted by atomic mass is 16.6. The van der Waals surface area contributed by atoms with Crippen molar-refractivity contribution in [3.63, 3.8) is 0 Å². The molecule has 4 heteroatoms. The van der Waals surface area contributed by atoms with E-state index in [4.69, 9.17) is 4.74 Å². The molecule has 0 spiro atoms. The van der Waals surface area contributed by atoms with Crippen molar-refractivity contribution < 1.29 is 14.3 Å². The van der Waals surface area contributed by atoms with Crippen LogP contribution in [-0.4, -0.2) is 23.3 Å². The van der Waals surface area contributed by atoms with Gasteiger partial charge in [0.2, 0.25) is 0 Å². The number of hydrogen-bond donors (Lipinski definition) is 0. The number of nitrogens with zero attached hydrogens (tertiary/aromatic N) is 1. The number of benzene rings is 3. The first-order chi connectivity index (χ1) is 15.6. The van der Waals surface area contributed by atoms with Gasteiger partial charge in [-0.1, -0.05) is 84.9 Å². The minimum absolute atomic E-state index is 0.00124. The molecule has 4 rings (SSSR count). The molecular formula is C28H27NO3. The van der Waals surface area contributed by atoms with Gasteiger partial charge in [0.15, 0.2) is 5.78 Å². The fraction of sp³-hybridized carbons (Fsp3) is 0.214. The molecule has 0 aromatic heterocycles. The Balaban J connectivity index is 1.57. The lowest BCUT2D eigenvalue weighted by atomic mass is 9.88. The number of hydrogen-bond acceptors (Lipinski definition) is 3. The number of rotatable bonds is 6. The minimum Gasteiger partial charge on any atom is -0.445 e. The van der Waals surface area contributed by atoms with Crippen molar-refractivity contribution in [2.75, 3.05) is 6.54 Å². The van der Waals surface area contributed by atoms with Crippen molar-refractivity contribution in [1.29, 1.82) is 0 Å². The van der Waals surface area contributed by atoms with Crippen LogP contribution in [0.5, 0.6) is 0 Å². The van der Waals surface area contributed by atoms with Gasteiger partial charge in [0.25, 0.3) is 0 Å². The quantitative estimate of drug-likeness (QED) is 0.447. The molecular weight excluding hydrogens is 398 g/mol. The summed E-state index contributed by atoms with van der Waals surface area (Å²) in [6.07, 6.45) is 4.43. The van der Waals surface area contributed by atoms with Crippen LogP contribution in [0, 0.1) is 0 Å². The molecule has 1 amide bonds. The van der Waals surface area contributed by atoms with Crippen LogP contribution in [0.1, 0.15) is 36.1 Å². The standard InChI is InChI=1S/C28H27NO3/c1-21(30)9-8-14-27-26-16-15-24(23-12-6-3-7-13-23)19-25(26)17-18-29(27)28(31)32-20-22-10-4-2-5-11-22/h2-13,15-16,19,27H,14,17-18,20H2,1H3/b9-8+. The Kier molecular flexibility index (Phi) is 6.81. The maximum absolute atomic E-state index is 13.0. The highest BCUT2D eigenvalue weighted by Gasteiger charge is 2.31. The second-order valence-electron chi connectivity index (χ2n) is 8.03. The molecule has 4 nitrogen and oxygen atoms in total. The summed E-state index contributed by atoms with van der Waals surface area (Å²) in [4.78, 5) is 26.2. The smallest absolute Gasteiger partial charge is 0.410 e. The first-order valence-electron chi connectivity index (χ1n) is 10.9. The van der Waals surface area contributed by atoms with Crippen LogP contribution in [0.3, 0.4) is 0 Å². The summed E-state index contributed by atoms with van der Waals surface area (Å²) in [6.45, 7) is 2.35. The lowest BCUT2D eigenvalue weighted by molar-refractivity contribution is -0.112. The Morgan fingerprint density at radius 1 is 0.969 bits per heavy atom. The lowest BCUT2D eigenvalue weighted by Gasteiger charge is -2.36. The van der Waals surface area contributed by atoms with E-state index in [1.807, 2.05) is 54.6 Å². The van der Waals surface area contributed by atoms with Crippen molar-refractivity contribution in [3.05, 3.63) is 108 Å². The number of carbonyl (C=O) groups is 2. The topological polar surface area (TPSA) is 46.6 Å². The van der Waals surface area contributed by atoms with E-state index in [0.717, 1.165) is 17.5 Å². The van der Waals surface area contributed by atoms with Crippen molar-refractivity contribution in [2.24, 2.45) is 0 Å². The van der Waals surface area contributed by atoms with E-state index in [2.05, 4.69) is 30.3 Å². The molecule has 3 aromatic carbocycles. The predicted molar refractivity (Wildman–Crippen MR) is 126 cm³/mol. The molecule has 162 valence electrons. The number of fused-ring (bicyclic) bond motifs is 1. The predicted octanol–water partition coefficient (Wildman–Crippen LogP) is 6.12. The summed E-state index contributed by atoms with van der Waals surface area (Å²) in [5, 5.41) is 0. The largest absolute Gasteiger partial charge is 0.445 e.